The van der Waals surface area contributed by atoms with Crippen molar-refractivity contribution in [3.63, 3.8) is 0 Å². The van der Waals surface area contributed by atoms with Crippen molar-refractivity contribution in [2.75, 3.05) is 18.2 Å². The average Bonchev–Trinajstić information content (AvgIpc) is 3.15. The fourth-order valence-corrected chi connectivity index (χ4v) is 4.00. The van der Waals surface area contributed by atoms with E-state index in [9.17, 15) is 4.79 Å². The van der Waals surface area contributed by atoms with E-state index >= 15 is 0 Å². The monoisotopic (exact) mass is 419 g/mol. The zero-order valence-electron chi connectivity index (χ0n) is 14.6. The Kier molecular flexibility index (Phi) is 7.09. The number of benzene rings is 2. The summed E-state index contributed by atoms with van der Waals surface area (Å²) >= 11 is 8.93. The number of hydrogen-bond donors (Lipinski definition) is 1. The third-order valence-electron chi connectivity index (χ3n) is 3.64. The van der Waals surface area contributed by atoms with Gasteiger partial charge >= 0.3 is 0 Å². The molecule has 0 aliphatic heterocycles. The van der Waals surface area contributed by atoms with Crippen molar-refractivity contribution in [3.05, 3.63) is 53.6 Å². The number of hydrogen-bond acceptors (Lipinski definition) is 6. The number of nitrogens with one attached hydrogen (secondary N) is 1. The van der Waals surface area contributed by atoms with Gasteiger partial charge in [0.25, 0.3) is 0 Å². The molecule has 3 rings (SSSR count). The van der Waals surface area contributed by atoms with Gasteiger partial charge in [0, 0.05) is 21.9 Å². The predicted octanol–water partition coefficient (Wildman–Crippen LogP) is 5.38. The predicted molar refractivity (Wildman–Crippen MR) is 112 cm³/mol. The van der Waals surface area contributed by atoms with Crippen LogP contribution in [0.5, 0.6) is 5.75 Å². The average molecular weight is 420 g/mol. The van der Waals surface area contributed by atoms with Gasteiger partial charge in [-0.25, -0.2) is 0 Å². The first kappa shape index (κ1) is 19.7. The Labute approximate surface area is 171 Å². The van der Waals surface area contributed by atoms with E-state index < -0.39 is 0 Å². The van der Waals surface area contributed by atoms with Crippen LogP contribution in [0.4, 0.5) is 5.13 Å². The molecule has 0 saturated carbocycles. The number of carbonyl (C=O) groups is 1. The van der Waals surface area contributed by atoms with Gasteiger partial charge in [-0.1, -0.05) is 22.9 Å². The highest BCUT2D eigenvalue weighted by Crippen LogP contribution is 2.28. The van der Waals surface area contributed by atoms with Crippen LogP contribution < -0.4 is 10.1 Å². The zero-order chi connectivity index (χ0) is 19.1. The summed E-state index contributed by atoms with van der Waals surface area (Å²) in [7, 11) is 1.63. The lowest BCUT2D eigenvalue weighted by Gasteiger charge is -2.02. The van der Waals surface area contributed by atoms with Crippen LogP contribution in [-0.4, -0.2) is 29.0 Å². The number of amides is 1. The van der Waals surface area contributed by atoms with Gasteiger partial charge in [-0.3, -0.25) is 4.79 Å². The molecule has 0 aliphatic rings. The molecule has 3 aromatic rings. The second-order valence-electron chi connectivity index (χ2n) is 5.59. The summed E-state index contributed by atoms with van der Waals surface area (Å²) in [5.74, 6) is 1.60. The fraction of sp³-hybridized carbons (Fsp3) is 0.211. The topological polar surface area (TPSA) is 64.1 Å². The minimum Gasteiger partial charge on any atom is -0.497 e. The molecule has 0 bridgehead atoms. The maximum absolute atomic E-state index is 12.1. The first-order chi connectivity index (χ1) is 13.1. The Balaban J connectivity index is 1.44. The van der Waals surface area contributed by atoms with Crippen molar-refractivity contribution in [2.24, 2.45) is 0 Å². The molecule has 5 nitrogen and oxygen atoms in total. The molecule has 0 saturated heterocycles. The Morgan fingerprint density at radius 2 is 1.89 bits per heavy atom. The normalized spacial score (nSPS) is 10.6. The van der Waals surface area contributed by atoms with Gasteiger partial charge in [-0.2, -0.15) is 0 Å². The van der Waals surface area contributed by atoms with Crippen molar-refractivity contribution < 1.29 is 9.53 Å². The summed E-state index contributed by atoms with van der Waals surface area (Å²) in [5, 5.41) is 13.0. The standard InChI is InChI=1S/C19H18ClN3O2S2/c1-25-15-8-4-13(5-9-15)18-22-23-19(27-18)21-17(24)3-2-12-26-16-10-6-14(20)7-11-16/h4-11H,2-3,12H2,1H3,(H,21,23,24). The van der Waals surface area contributed by atoms with Gasteiger partial charge in [-0.05, 0) is 60.7 Å². The second kappa shape index (κ2) is 9.73. The number of aromatic nitrogens is 2. The van der Waals surface area contributed by atoms with Crippen molar-refractivity contribution >= 4 is 45.7 Å². The molecule has 0 fully saturated rings. The van der Waals surface area contributed by atoms with E-state index in [1.54, 1.807) is 18.9 Å². The van der Waals surface area contributed by atoms with E-state index in [1.165, 1.54) is 11.3 Å². The summed E-state index contributed by atoms with van der Waals surface area (Å²) in [4.78, 5) is 13.2. The highest BCUT2D eigenvalue weighted by atomic mass is 35.5. The molecule has 0 atom stereocenters. The van der Waals surface area contributed by atoms with Crippen LogP contribution in [0.15, 0.2) is 53.4 Å². The second-order valence-corrected chi connectivity index (χ2v) is 8.18. The van der Waals surface area contributed by atoms with Crippen molar-refractivity contribution in [1.29, 1.82) is 0 Å². The van der Waals surface area contributed by atoms with Gasteiger partial charge < -0.3 is 10.1 Å². The quantitative estimate of drug-likeness (QED) is 0.392. The Bertz CT molecular complexity index is 883. The van der Waals surface area contributed by atoms with Gasteiger partial charge in [0.1, 0.15) is 10.8 Å². The molecule has 1 amide bonds. The lowest BCUT2D eigenvalue weighted by molar-refractivity contribution is -0.116. The molecular formula is C19H18ClN3O2S2. The molecule has 8 heteroatoms. The van der Waals surface area contributed by atoms with Gasteiger partial charge in [0.2, 0.25) is 11.0 Å². The maximum atomic E-state index is 12.1. The molecule has 2 aromatic carbocycles. The summed E-state index contributed by atoms with van der Waals surface area (Å²) in [6, 6.07) is 15.3. The van der Waals surface area contributed by atoms with Crippen LogP contribution in [0.25, 0.3) is 10.6 Å². The summed E-state index contributed by atoms with van der Waals surface area (Å²) < 4.78 is 5.15. The van der Waals surface area contributed by atoms with E-state index in [-0.39, 0.29) is 5.91 Å². The molecule has 0 radical (unpaired) electrons. The van der Waals surface area contributed by atoms with Gasteiger partial charge in [-0.15, -0.1) is 22.0 Å². The number of ether oxygens (including phenoxy) is 1. The molecule has 1 aromatic heterocycles. The van der Waals surface area contributed by atoms with E-state index in [2.05, 4.69) is 15.5 Å². The van der Waals surface area contributed by atoms with E-state index in [1.807, 2.05) is 48.5 Å². The lowest BCUT2D eigenvalue weighted by Crippen LogP contribution is -2.11. The molecule has 0 unspecified atom stereocenters. The van der Waals surface area contributed by atoms with E-state index in [0.717, 1.165) is 38.4 Å². The number of thioether (sulfide) groups is 1. The van der Waals surface area contributed by atoms with Crippen LogP contribution in [0.1, 0.15) is 12.8 Å². The SMILES string of the molecule is COc1ccc(-c2nnc(NC(=O)CCCSc3ccc(Cl)cc3)s2)cc1. The van der Waals surface area contributed by atoms with E-state index in [0.29, 0.717) is 11.6 Å². The summed E-state index contributed by atoms with van der Waals surface area (Å²) in [5.41, 5.74) is 0.938. The number of carbonyl (C=O) groups excluding carboxylic acids is 1. The van der Waals surface area contributed by atoms with Crippen LogP contribution >= 0.6 is 34.7 Å². The Morgan fingerprint density at radius 3 is 2.59 bits per heavy atom. The van der Waals surface area contributed by atoms with Gasteiger partial charge in [0.15, 0.2) is 0 Å². The summed E-state index contributed by atoms with van der Waals surface area (Å²) in [6.07, 6.45) is 1.22. The van der Waals surface area contributed by atoms with Crippen LogP contribution in [0, 0.1) is 0 Å². The molecule has 1 N–H and O–H groups in total. The zero-order valence-corrected chi connectivity index (χ0v) is 17.0. The highest BCUT2D eigenvalue weighted by molar-refractivity contribution is 7.99. The number of anilines is 1. The Hall–Kier alpha value is -2.09. The number of rotatable bonds is 8. The van der Waals surface area contributed by atoms with Crippen LogP contribution in [-0.2, 0) is 4.79 Å². The van der Waals surface area contributed by atoms with Gasteiger partial charge in [0.05, 0.1) is 7.11 Å². The first-order valence-corrected chi connectivity index (χ1v) is 10.5. The summed E-state index contributed by atoms with van der Waals surface area (Å²) in [6.45, 7) is 0. The first-order valence-electron chi connectivity index (χ1n) is 8.30. The maximum Gasteiger partial charge on any atom is 0.226 e. The number of nitrogens with zero attached hydrogens (tertiary/aromatic N) is 2. The molecule has 140 valence electrons. The van der Waals surface area contributed by atoms with Crippen molar-refractivity contribution in [2.45, 2.75) is 17.7 Å². The molecular weight excluding hydrogens is 402 g/mol. The molecule has 27 heavy (non-hydrogen) atoms. The minimum atomic E-state index is -0.0517. The molecule has 0 spiro atoms. The fourth-order valence-electron chi connectivity index (χ4n) is 2.26. The van der Waals surface area contributed by atoms with E-state index in [4.69, 9.17) is 16.3 Å². The lowest BCUT2D eigenvalue weighted by atomic mass is 10.2. The third kappa shape index (κ3) is 5.95. The third-order valence-corrected chi connectivity index (χ3v) is 5.88. The smallest absolute Gasteiger partial charge is 0.226 e. The number of halogens is 1. The van der Waals surface area contributed by atoms with Crippen molar-refractivity contribution in [1.82, 2.24) is 10.2 Å². The number of methoxy groups -OCH3 is 1. The van der Waals surface area contributed by atoms with Crippen LogP contribution in [0.3, 0.4) is 0 Å². The highest BCUT2D eigenvalue weighted by Gasteiger charge is 2.10. The minimum absolute atomic E-state index is 0.0517. The molecule has 0 aliphatic carbocycles. The van der Waals surface area contributed by atoms with Crippen molar-refractivity contribution in [3.8, 4) is 16.3 Å². The largest absolute Gasteiger partial charge is 0.497 e. The molecule has 1 heterocycles. The van der Waals surface area contributed by atoms with Crippen LogP contribution in [0.2, 0.25) is 5.02 Å². The Morgan fingerprint density at radius 1 is 1.15 bits per heavy atom.